The lowest BCUT2D eigenvalue weighted by atomic mass is 9.77. The first kappa shape index (κ1) is 14.3. The molecule has 17 heavy (non-hydrogen) atoms. The van der Waals surface area contributed by atoms with E-state index in [0.29, 0.717) is 0 Å². The molecular formula is C11H19F2NO3. The summed E-state index contributed by atoms with van der Waals surface area (Å²) in [5.74, 6) is -0.374. The van der Waals surface area contributed by atoms with Crippen LogP contribution in [0, 0.1) is 0 Å². The molecule has 1 amide bonds. The normalized spacial score (nSPS) is 17.9. The Hall–Kier alpha value is -0.750. The van der Waals surface area contributed by atoms with Gasteiger partial charge in [-0.05, 0) is 19.3 Å². The number of carbonyl (C=O) groups is 1. The first-order valence-corrected chi connectivity index (χ1v) is 5.75. The number of ether oxygens (including phenoxy) is 1. The summed E-state index contributed by atoms with van der Waals surface area (Å²) >= 11 is 0. The summed E-state index contributed by atoms with van der Waals surface area (Å²) in [6, 6.07) is 0. The third-order valence-electron chi connectivity index (χ3n) is 3.25. The average molecular weight is 251 g/mol. The maximum absolute atomic E-state index is 12.3. The third kappa shape index (κ3) is 3.89. The highest BCUT2D eigenvalue weighted by Crippen LogP contribution is 2.38. The van der Waals surface area contributed by atoms with Crippen molar-refractivity contribution in [3.05, 3.63) is 0 Å². The minimum Gasteiger partial charge on any atom is -0.395 e. The maximum Gasteiger partial charge on any atom is 0.255 e. The Balaban J connectivity index is 2.52. The second-order valence-corrected chi connectivity index (χ2v) is 4.37. The van der Waals surface area contributed by atoms with Crippen LogP contribution in [0.1, 0.15) is 25.7 Å². The number of hydrogen-bond acceptors (Lipinski definition) is 3. The van der Waals surface area contributed by atoms with Crippen molar-refractivity contribution in [2.75, 3.05) is 26.8 Å². The van der Waals surface area contributed by atoms with Gasteiger partial charge in [0.15, 0.2) is 0 Å². The van der Waals surface area contributed by atoms with Crippen molar-refractivity contribution in [2.24, 2.45) is 0 Å². The molecule has 0 unspecified atom stereocenters. The van der Waals surface area contributed by atoms with Crippen LogP contribution >= 0.6 is 0 Å². The van der Waals surface area contributed by atoms with Gasteiger partial charge in [-0.25, -0.2) is 8.78 Å². The van der Waals surface area contributed by atoms with Gasteiger partial charge in [0.25, 0.3) is 6.43 Å². The molecule has 1 aliphatic carbocycles. The van der Waals surface area contributed by atoms with Gasteiger partial charge in [0.2, 0.25) is 5.91 Å². The summed E-state index contributed by atoms with van der Waals surface area (Å²) in [5, 5.41) is 8.76. The zero-order valence-electron chi connectivity index (χ0n) is 9.99. The van der Waals surface area contributed by atoms with Gasteiger partial charge in [-0.2, -0.15) is 0 Å². The van der Waals surface area contributed by atoms with Gasteiger partial charge < -0.3 is 14.7 Å². The number of amides is 1. The van der Waals surface area contributed by atoms with Crippen LogP contribution in [0.4, 0.5) is 8.78 Å². The number of aliphatic hydroxyl groups excluding tert-OH is 1. The molecule has 1 rings (SSSR count). The van der Waals surface area contributed by atoms with Crippen LogP contribution in [-0.4, -0.2) is 54.7 Å². The van der Waals surface area contributed by atoms with Crippen LogP contribution < -0.4 is 0 Å². The number of aliphatic hydroxyl groups is 1. The van der Waals surface area contributed by atoms with Gasteiger partial charge in [-0.15, -0.1) is 0 Å². The molecule has 1 N–H and O–H groups in total. The van der Waals surface area contributed by atoms with Gasteiger partial charge in [-0.3, -0.25) is 4.79 Å². The minimum absolute atomic E-state index is 0.0526. The molecular weight excluding hydrogens is 232 g/mol. The Morgan fingerprint density at radius 3 is 2.53 bits per heavy atom. The summed E-state index contributed by atoms with van der Waals surface area (Å²) in [4.78, 5) is 12.8. The Kier molecular flexibility index (Phi) is 5.27. The molecule has 0 atom stereocenters. The Morgan fingerprint density at radius 1 is 1.53 bits per heavy atom. The van der Waals surface area contributed by atoms with Crippen molar-refractivity contribution in [1.29, 1.82) is 0 Å². The number of hydrogen-bond donors (Lipinski definition) is 1. The smallest absolute Gasteiger partial charge is 0.255 e. The van der Waals surface area contributed by atoms with Crippen molar-refractivity contribution in [3.63, 3.8) is 0 Å². The molecule has 0 heterocycles. The lowest BCUT2D eigenvalue weighted by Crippen LogP contribution is -2.46. The van der Waals surface area contributed by atoms with Gasteiger partial charge in [0.1, 0.15) is 0 Å². The van der Waals surface area contributed by atoms with E-state index in [0.717, 1.165) is 24.2 Å². The average Bonchev–Trinajstić information content (AvgIpc) is 2.22. The van der Waals surface area contributed by atoms with Gasteiger partial charge in [0, 0.05) is 13.7 Å². The number of alkyl halides is 2. The first-order valence-electron chi connectivity index (χ1n) is 5.75. The summed E-state index contributed by atoms with van der Waals surface area (Å²) in [7, 11) is 1.54. The highest BCUT2D eigenvalue weighted by molar-refractivity contribution is 5.77. The monoisotopic (exact) mass is 251 g/mol. The van der Waals surface area contributed by atoms with Crippen LogP contribution in [0.5, 0.6) is 0 Å². The lowest BCUT2D eigenvalue weighted by Gasteiger charge is -2.41. The third-order valence-corrected chi connectivity index (χ3v) is 3.25. The first-order chi connectivity index (χ1) is 8.03. The number of rotatable bonds is 7. The second-order valence-electron chi connectivity index (χ2n) is 4.37. The summed E-state index contributed by atoms with van der Waals surface area (Å²) in [6.45, 7) is -0.986. The highest BCUT2D eigenvalue weighted by Gasteiger charge is 2.40. The molecule has 0 aromatic carbocycles. The molecule has 1 aliphatic rings. The molecule has 1 saturated carbocycles. The molecule has 6 heteroatoms. The second kappa shape index (κ2) is 6.26. The number of carbonyl (C=O) groups excluding carboxylic acids is 1. The molecule has 0 bridgehead atoms. The van der Waals surface area contributed by atoms with Crippen LogP contribution in [0.15, 0.2) is 0 Å². The lowest BCUT2D eigenvalue weighted by molar-refractivity contribution is -0.146. The largest absolute Gasteiger partial charge is 0.395 e. The van der Waals surface area contributed by atoms with E-state index < -0.39 is 18.6 Å². The number of nitrogens with zero attached hydrogens (tertiary/aromatic N) is 1. The van der Waals surface area contributed by atoms with E-state index in [1.807, 2.05) is 0 Å². The maximum atomic E-state index is 12.3. The van der Waals surface area contributed by atoms with Crippen molar-refractivity contribution in [2.45, 2.75) is 37.7 Å². The van der Waals surface area contributed by atoms with E-state index in [2.05, 4.69) is 0 Å². The fourth-order valence-electron chi connectivity index (χ4n) is 2.02. The van der Waals surface area contributed by atoms with Crippen molar-refractivity contribution >= 4 is 5.91 Å². The van der Waals surface area contributed by atoms with Crippen molar-refractivity contribution in [1.82, 2.24) is 4.90 Å². The van der Waals surface area contributed by atoms with E-state index in [1.165, 1.54) is 7.11 Å². The van der Waals surface area contributed by atoms with Gasteiger partial charge in [0.05, 0.1) is 25.2 Å². The van der Waals surface area contributed by atoms with Gasteiger partial charge >= 0.3 is 0 Å². The number of methoxy groups -OCH3 is 1. The molecule has 0 aromatic heterocycles. The topological polar surface area (TPSA) is 49.8 Å². The molecule has 0 radical (unpaired) electrons. The highest BCUT2D eigenvalue weighted by atomic mass is 19.3. The van der Waals surface area contributed by atoms with Crippen molar-refractivity contribution in [3.8, 4) is 0 Å². The van der Waals surface area contributed by atoms with Crippen LogP contribution in [-0.2, 0) is 9.53 Å². The zero-order chi connectivity index (χ0) is 12.9. The molecule has 0 spiro atoms. The molecule has 4 nitrogen and oxygen atoms in total. The van der Waals surface area contributed by atoms with Crippen LogP contribution in [0.25, 0.3) is 0 Å². The van der Waals surface area contributed by atoms with E-state index in [-0.39, 0.29) is 25.5 Å². The molecule has 0 saturated heterocycles. The fourth-order valence-corrected chi connectivity index (χ4v) is 2.02. The van der Waals surface area contributed by atoms with E-state index >= 15 is 0 Å². The minimum atomic E-state index is -2.58. The fraction of sp³-hybridized carbons (Fsp3) is 0.909. The Bertz CT molecular complexity index is 252. The molecule has 0 aliphatic heterocycles. The quantitative estimate of drug-likeness (QED) is 0.735. The Morgan fingerprint density at radius 2 is 2.18 bits per heavy atom. The van der Waals surface area contributed by atoms with E-state index in [4.69, 9.17) is 9.84 Å². The summed E-state index contributed by atoms with van der Waals surface area (Å²) < 4.78 is 29.8. The summed E-state index contributed by atoms with van der Waals surface area (Å²) in [5.41, 5.74) is -0.465. The predicted molar refractivity (Wildman–Crippen MR) is 57.9 cm³/mol. The van der Waals surface area contributed by atoms with Gasteiger partial charge in [-0.1, -0.05) is 0 Å². The van der Waals surface area contributed by atoms with Crippen LogP contribution in [0.2, 0.25) is 0 Å². The standard InChI is InChI=1S/C11H19F2NO3/c1-17-11(3-2-4-11)7-10(16)14(5-6-15)8-9(12)13/h9,15H,2-8H2,1H3. The summed E-state index contributed by atoms with van der Waals surface area (Å²) in [6.07, 6.45) is 0.116. The van der Waals surface area contributed by atoms with E-state index in [1.54, 1.807) is 0 Å². The molecule has 1 fully saturated rings. The Labute approximate surface area is 99.5 Å². The van der Waals surface area contributed by atoms with Crippen LogP contribution in [0.3, 0.4) is 0 Å². The number of halogens is 2. The molecule has 100 valence electrons. The van der Waals surface area contributed by atoms with Crippen molar-refractivity contribution < 1.29 is 23.4 Å². The molecule has 0 aromatic rings. The SMILES string of the molecule is COC1(CC(=O)N(CCO)CC(F)F)CCC1. The predicted octanol–water partition coefficient (Wildman–Crippen LogP) is 1.03. The zero-order valence-corrected chi connectivity index (χ0v) is 9.99. The van der Waals surface area contributed by atoms with E-state index in [9.17, 15) is 13.6 Å².